The van der Waals surface area contributed by atoms with Crippen LogP contribution in [0.4, 0.5) is 5.69 Å². The van der Waals surface area contributed by atoms with E-state index in [0.29, 0.717) is 33.6 Å². The summed E-state index contributed by atoms with van der Waals surface area (Å²) in [5.74, 6) is 0.608. The van der Waals surface area contributed by atoms with Crippen molar-refractivity contribution < 1.29 is 19.1 Å². The normalized spacial score (nSPS) is 12.0. The first-order valence-electron chi connectivity index (χ1n) is 8.11. The van der Waals surface area contributed by atoms with Crippen LogP contribution in [0.3, 0.4) is 0 Å². The lowest BCUT2D eigenvalue weighted by Gasteiger charge is -2.07. The van der Waals surface area contributed by atoms with E-state index in [4.69, 9.17) is 15.2 Å². The van der Waals surface area contributed by atoms with Crippen molar-refractivity contribution in [3.8, 4) is 17.2 Å². The molecule has 10 nitrogen and oxygen atoms in total. The predicted octanol–water partition coefficient (Wildman–Crippen LogP) is 1.22. The zero-order valence-corrected chi connectivity index (χ0v) is 15.2. The van der Waals surface area contributed by atoms with Gasteiger partial charge in [0.1, 0.15) is 0 Å². The number of carbonyl (C=O) groups is 2. The van der Waals surface area contributed by atoms with E-state index in [9.17, 15) is 9.59 Å². The van der Waals surface area contributed by atoms with Crippen LogP contribution in [-0.2, 0) is 4.79 Å². The Kier molecular flexibility index (Phi) is 4.81. The maximum absolute atomic E-state index is 12.2. The van der Waals surface area contributed by atoms with Crippen molar-refractivity contribution in [2.24, 2.45) is 5.73 Å². The topological polar surface area (TPSA) is 134 Å². The zero-order chi connectivity index (χ0) is 19.5. The number of nitrogens with two attached hydrogens (primary N) is 1. The summed E-state index contributed by atoms with van der Waals surface area (Å²) < 4.78 is 12.0. The first-order valence-corrected chi connectivity index (χ1v) is 9.09. The number of benzene rings is 2. The standard InChI is InChI=1S/C17H14N6O4S/c18-16(25)10-1-4-12(5-2-10)23-17(20-21-22-23)28-8-15(24)19-11-3-6-13-14(7-11)27-9-26-13/h1-7H,8-9H2,(H2,18,25)(H,19,24). The fraction of sp³-hybridized carbons (Fsp3) is 0.118. The number of primary amides is 1. The molecule has 0 radical (unpaired) electrons. The summed E-state index contributed by atoms with van der Waals surface area (Å²) in [6, 6.07) is 11.7. The van der Waals surface area contributed by atoms with E-state index in [0.717, 1.165) is 0 Å². The number of hydrogen-bond acceptors (Lipinski definition) is 8. The van der Waals surface area contributed by atoms with E-state index >= 15 is 0 Å². The van der Waals surface area contributed by atoms with Gasteiger partial charge >= 0.3 is 0 Å². The minimum Gasteiger partial charge on any atom is -0.454 e. The molecule has 142 valence electrons. The Morgan fingerprint density at radius 2 is 1.93 bits per heavy atom. The first-order chi connectivity index (χ1) is 13.6. The second kappa shape index (κ2) is 7.56. The van der Waals surface area contributed by atoms with Gasteiger partial charge in [-0.3, -0.25) is 9.59 Å². The number of amides is 2. The molecule has 4 rings (SSSR count). The molecule has 0 unspecified atom stereocenters. The molecule has 0 saturated heterocycles. The number of aromatic nitrogens is 4. The molecule has 2 amide bonds. The third kappa shape index (κ3) is 3.74. The summed E-state index contributed by atoms with van der Waals surface area (Å²) >= 11 is 1.18. The molecule has 3 aromatic rings. The fourth-order valence-corrected chi connectivity index (χ4v) is 3.19. The van der Waals surface area contributed by atoms with Crippen molar-refractivity contribution in [3.63, 3.8) is 0 Å². The zero-order valence-electron chi connectivity index (χ0n) is 14.4. The molecule has 0 fully saturated rings. The number of nitrogens with one attached hydrogen (secondary N) is 1. The van der Waals surface area contributed by atoms with Crippen LogP contribution < -0.4 is 20.5 Å². The van der Waals surface area contributed by atoms with Gasteiger partial charge in [0.15, 0.2) is 11.5 Å². The summed E-state index contributed by atoms with van der Waals surface area (Å²) in [4.78, 5) is 23.4. The fourth-order valence-electron chi connectivity index (χ4n) is 2.50. The SMILES string of the molecule is NC(=O)c1ccc(-n2nnnc2SCC(=O)Nc2ccc3c(c2)OCO3)cc1. The highest BCUT2D eigenvalue weighted by Gasteiger charge is 2.15. The molecule has 2 aromatic carbocycles. The monoisotopic (exact) mass is 398 g/mol. The van der Waals surface area contributed by atoms with Crippen LogP contribution in [0.15, 0.2) is 47.6 Å². The van der Waals surface area contributed by atoms with E-state index in [1.165, 1.54) is 16.4 Å². The largest absolute Gasteiger partial charge is 0.454 e. The third-order valence-electron chi connectivity index (χ3n) is 3.83. The summed E-state index contributed by atoms with van der Waals surface area (Å²) in [6.07, 6.45) is 0. The van der Waals surface area contributed by atoms with E-state index in [1.807, 2.05) is 0 Å². The minimum absolute atomic E-state index is 0.105. The quantitative estimate of drug-likeness (QED) is 0.592. The molecule has 11 heteroatoms. The molecule has 0 saturated carbocycles. The number of ether oxygens (including phenoxy) is 2. The average molecular weight is 398 g/mol. The van der Waals surface area contributed by atoms with Crippen LogP contribution in [0.5, 0.6) is 11.5 Å². The van der Waals surface area contributed by atoms with Crippen molar-refractivity contribution in [2.75, 3.05) is 17.9 Å². The Balaban J connectivity index is 1.39. The Morgan fingerprint density at radius 3 is 2.71 bits per heavy atom. The lowest BCUT2D eigenvalue weighted by Crippen LogP contribution is -2.14. The van der Waals surface area contributed by atoms with Crippen molar-refractivity contribution in [1.29, 1.82) is 0 Å². The molecule has 2 heterocycles. The molecule has 1 aliphatic heterocycles. The van der Waals surface area contributed by atoms with E-state index < -0.39 is 5.91 Å². The lowest BCUT2D eigenvalue weighted by atomic mass is 10.2. The van der Waals surface area contributed by atoms with Crippen molar-refractivity contribution in [2.45, 2.75) is 5.16 Å². The summed E-state index contributed by atoms with van der Waals surface area (Å²) in [6.45, 7) is 0.172. The molecule has 1 aliphatic rings. The number of nitrogens with zero attached hydrogens (tertiary/aromatic N) is 4. The molecule has 28 heavy (non-hydrogen) atoms. The van der Waals surface area contributed by atoms with Gasteiger partial charge < -0.3 is 20.5 Å². The van der Waals surface area contributed by atoms with Crippen molar-refractivity contribution in [3.05, 3.63) is 48.0 Å². The lowest BCUT2D eigenvalue weighted by molar-refractivity contribution is -0.113. The van der Waals surface area contributed by atoms with Gasteiger partial charge in [-0.25, -0.2) is 0 Å². The van der Waals surface area contributed by atoms with Crippen LogP contribution in [0.2, 0.25) is 0 Å². The summed E-state index contributed by atoms with van der Waals surface area (Å²) in [5, 5.41) is 14.7. The van der Waals surface area contributed by atoms with E-state index in [-0.39, 0.29) is 18.5 Å². The Morgan fingerprint density at radius 1 is 1.14 bits per heavy atom. The molecule has 0 spiro atoms. The highest BCUT2D eigenvalue weighted by Crippen LogP contribution is 2.34. The second-order valence-electron chi connectivity index (χ2n) is 5.69. The van der Waals surface area contributed by atoms with Crippen LogP contribution in [0, 0.1) is 0 Å². The molecule has 0 atom stereocenters. The Labute approximate surface area is 163 Å². The maximum Gasteiger partial charge on any atom is 0.248 e. The van der Waals surface area contributed by atoms with E-state index in [2.05, 4.69) is 20.8 Å². The molecule has 1 aromatic heterocycles. The van der Waals surface area contributed by atoms with Crippen LogP contribution >= 0.6 is 11.8 Å². The molecular formula is C17H14N6O4S. The van der Waals surface area contributed by atoms with Crippen molar-refractivity contribution >= 4 is 29.3 Å². The predicted molar refractivity (Wildman–Crippen MR) is 99.6 cm³/mol. The number of anilines is 1. The number of rotatable bonds is 6. The van der Waals surface area contributed by atoms with E-state index in [1.54, 1.807) is 42.5 Å². The second-order valence-corrected chi connectivity index (χ2v) is 6.63. The van der Waals surface area contributed by atoms with Gasteiger partial charge in [-0.05, 0) is 46.8 Å². The molecule has 0 bridgehead atoms. The summed E-state index contributed by atoms with van der Waals surface area (Å²) in [5.41, 5.74) is 6.88. The van der Waals surface area contributed by atoms with Gasteiger partial charge in [0.05, 0.1) is 11.4 Å². The van der Waals surface area contributed by atoms with Crippen LogP contribution in [0.25, 0.3) is 5.69 Å². The molecule has 0 aliphatic carbocycles. The molecule has 3 N–H and O–H groups in total. The van der Waals surface area contributed by atoms with Gasteiger partial charge in [0, 0.05) is 17.3 Å². The minimum atomic E-state index is -0.516. The number of fused-ring (bicyclic) bond motifs is 1. The first kappa shape index (κ1) is 17.8. The highest BCUT2D eigenvalue weighted by atomic mass is 32.2. The smallest absolute Gasteiger partial charge is 0.248 e. The van der Waals surface area contributed by atoms with Gasteiger partial charge in [-0.1, -0.05) is 11.8 Å². The summed E-state index contributed by atoms with van der Waals surface area (Å²) in [7, 11) is 0. The number of thioether (sulfide) groups is 1. The van der Waals surface area contributed by atoms with Crippen LogP contribution in [-0.4, -0.2) is 44.6 Å². The van der Waals surface area contributed by atoms with Crippen molar-refractivity contribution in [1.82, 2.24) is 20.2 Å². The number of carbonyl (C=O) groups excluding carboxylic acids is 2. The Bertz CT molecular complexity index is 1040. The Hall–Kier alpha value is -3.60. The number of tetrazole rings is 1. The molecular weight excluding hydrogens is 384 g/mol. The third-order valence-corrected chi connectivity index (χ3v) is 4.75. The van der Waals surface area contributed by atoms with Gasteiger partial charge in [-0.2, -0.15) is 4.68 Å². The van der Waals surface area contributed by atoms with Crippen LogP contribution in [0.1, 0.15) is 10.4 Å². The highest BCUT2D eigenvalue weighted by molar-refractivity contribution is 7.99. The maximum atomic E-state index is 12.2. The van der Waals surface area contributed by atoms with Gasteiger partial charge in [0.2, 0.25) is 23.8 Å². The average Bonchev–Trinajstić information content (AvgIpc) is 3.35. The van der Waals surface area contributed by atoms with Gasteiger partial charge in [-0.15, -0.1) is 5.10 Å². The number of hydrogen-bond donors (Lipinski definition) is 2. The van der Waals surface area contributed by atoms with Gasteiger partial charge in [0.25, 0.3) is 0 Å².